The maximum atomic E-state index is 13.0. The predicted molar refractivity (Wildman–Crippen MR) is 121 cm³/mol. The summed E-state index contributed by atoms with van der Waals surface area (Å²) in [7, 11) is 0. The average molecular weight is 428 g/mol. The molecule has 0 saturated carbocycles. The van der Waals surface area contributed by atoms with E-state index in [2.05, 4.69) is 21.2 Å². The molecule has 3 aromatic rings. The van der Waals surface area contributed by atoms with E-state index in [0.717, 1.165) is 73.0 Å². The van der Waals surface area contributed by atoms with E-state index in [9.17, 15) is 4.79 Å². The number of piperazine rings is 1. The topological polar surface area (TPSA) is 85.3 Å². The van der Waals surface area contributed by atoms with Crippen LogP contribution in [0.1, 0.15) is 28.8 Å². The first kappa shape index (κ1) is 20.3. The Morgan fingerprint density at radius 2 is 1.88 bits per heavy atom. The third-order valence-corrected chi connectivity index (χ3v) is 6.22. The number of carbonyl (C=O) groups is 1. The maximum Gasteiger partial charge on any atom is 0.253 e. The number of carbonyl (C=O) groups excluding carboxylic acids is 1. The molecule has 162 valence electrons. The Morgan fingerprint density at radius 1 is 1.09 bits per heavy atom. The molecule has 1 amide bonds. The monoisotopic (exact) mass is 427 g/mol. The Hall–Kier alpha value is -3.63. The Balaban J connectivity index is 1.27. The molecular weight excluding hydrogens is 402 g/mol. The number of nitrogens with one attached hydrogen (secondary N) is 1. The van der Waals surface area contributed by atoms with Gasteiger partial charge >= 0.3 is 0 Å². The van der Waals surface area contributed by atoms with Gasteiger partial charge in [0.25, 0.3) is 5.91 Å². The minimum Gasteiger partial charge on any atom is -0.488 e. The number of para-hydroxylation sites is 1. The maximum absolute atomic E-state index is 13.0. The van der Waals surface area contributed by atoms with Crippen LogP contribution in [0.4, 0.5) is 0 Å². The summed E-state index contributed by atoms with van der Waals surface area (Å²) in [5.41, 5.74) is 5.57. The molecule has 0 bridgehead atoms. The lowest BCUT2D eigenvalue weighted by Crippen LogP contribution is -2.48. The second kappa shape index (κ2) is 8.85. The van der Waals surface area contributed by atoms with E-state index < -0.39 is 0 Å². The number of aromatic nitrogens is 2. The number of rotatable bonds is 5. The summed E-state index contributed by atoms with van der Waals surface area (Å²) in [6, 6.07) is 17.8. The zero-order valence-electron chi connectivity index (χ0n) is 17.9. The zero-order chi connectivity index (χ0) is 21.9. The molecule has 0 aliphatic carbocycles. The van der Waals surface area contributed by atoms with Crippen LogP contribution >= 0.6 is 0 Å². The minimum absolute atomic E-state index is 0.0644. The number of fused-ring (bicyclic) bond motifs is 3. The van der Waals surface area contributed by atoms with Crippen LogP contribution in [0, 0.1) is 11.3 Å². The number of H-pyrrole nitrogens is 1. The summed E-state index contributed by atoms with van der Waals surface area (Å²) >= 11 is 0. The number of benzene rings is 2. The molecule has 1 aromatic heterocycles. The molecule has 7 nitrogen and oxygen atoms in total. The number of hydrogen-bond donors (Lipinski definition) is 1. The molecule has 2 aliphatic rings. The van der Waals surface area contributed by atoms with Gasteiger partial charge < -0.3 is 9.64 Å². The van der Waals surface area contributed by atoms with E-state index in [1.165, 1.54) is 0 Å². The molecule has 0 spiro atoms. The van der Waals surface area contributed by atoms with Crippen LogP contribution in [0.25, 0.3) is 22.5 Å². The van der Waals surface area contributed by atoms with Crippen molar-refractivity contribution in [1.82, 2.24) is 20.0 Å². The first-order chi connectivity index (χ1) is 15.7. The molecule has 3 heterocycles. The Kier molecular flexibility index (Phi) is 5.61. The van der Waals surface area contributed by atoms with Crippen molar-refractivity contribution < 1.29 is 9.53 Å². The predicted octanol–water partition coefficient (Wildman–Crippen LogP) is 3.70. The highest BCUT2D eigenvalue weighted by Crippen LogP contribution is 2.39. The van der Waals surface area contributed by atoms with Crippen LogP contribution in [0.5, 0.6) is 5.75 Å². The van der Waals surface area contributed by atoms with Crippen molar-refractivity contribution in [3.63, 3.8) is 0 Å². The summed E-state index contributed by atoms with van der Waals surface area (Å²) in [5, 5.41) is 16.4. The molecule has 1 N–H and O–H groups in total. The fourth-order valence-electron chi connectivity index (χ4n) is 4.43. The van der Waals surface area contributed by atoms with Crippen molar-refractivity contribution in [1.29, 1.82) is 5.26 Å². The summed E-state index contributed by atoms with van der Waals surface area (Å²) in [6.07, 6.45) is 1.47. The van der Waals surface area contributed by atoms with Crippen molar-refractivity contribution in [2.24, 2.45) is 0 Å². The molecule has 32 heavy (non-hydrogen) atoms. The van der Waals surface area contributed by atoms with Gasteiger partial charge in [0.15, 0.2) is 0 Å². The summed E-state index contributed by atoms with van der Waals surface area (Å²) in [6.45, 7) is 4.55. The summed E-state index contributed by atoms with van der Waals surface area (Å²) in [4.78, 5) is 17.2. The standard InChI is InChI=1S/C25H25N5O2/c26-11-3-4-12-29-13-15-30(16-14-29)25(31)19-9-7-18(8-10-19)23-21-17-32-22-6-2-1-5-20(22)24(21)28-27-23/h1-2,5-10H,3-4,12-17H2,(H,27,28). The third kappa shape index (κ3) is 3.85. The molecule has 1 fully saturated rings. The van der Waals surface area contributed by atoms with E-state index in [1.807, 2.05) is 53.4 Å². The van der Waals surface area contributed by atoms with Gasteiger partial charge in [-0.1, -0.05) is 24.3 Å². The normalized spacial score (nSPS) is 15.4. The number of aromatic amines is 1. The molecule has 2 aliphatic heterocycles. The van der Waals surface area contributed by atoms with E-state index in [-0.39, 0.29) is 5.91 Å². The van der Waals surface area contributed by atoms with Gasteiger partial charge in [0.2, 0.25) is 0 Å². The SMILES string of the molecule is N#CCCCN1CCN(C(=O)c2ccc(-c3n[nH]c4c3COc3ccccc3-4)cc2)CC1. The summed E-state index contributed by atoms with van der Waals surface area (Å²) < 4.78 is 5.91. The Labute approximate surface area is 187 Å². The van der Waals surface area contributed by atoms with Crippen molar-refractivity contribution >= 4 is 5.91 Å². The quantitative estimate of drug-likeness (QED) is 0.628. The molecule has 0 radical (unpaired) electrons. The van der Waals surface area contributed by atoms with Crippen LogP contribution < -0.4 is 4.74 Å². The fraction of sp³-hybridized carbons (Fsp3) is 0.320. The lowest BCUT2D eigenvalue weighted by Gasteiger charge is -2.34. The van der Waals surface area contributed by atoms with Crippen LogP contribution in [-0.2, 0) is 6.61 Å². The first-order valence-corrected chi connectivity index (χ1v) is 11.0. The largest absolute Gasteiger partial charge is 0.488 e. The molecular formula is C25H25N5O2. The Bertz CT molecular complexity index is 1150. The number of unbranched alkanes of at least 4 members (excludes halogenated alkanes) is 1. The number of nitrogens with zero attached hydrogens (tertiary/aromatic N) is 4. The van der Waals surface area contributed by atoms with Gasteiger partial charge in [-0.05, 0) is 37.2 Å². The average Bonchev–Trinajstić information content (AvgIpc) is 3.29. The van der Waals surface area contributed by atoms with E-state index in [4.69, 9.17) is 10.00 Å². The number of amides is 1. The third-order valence-electron chi connectivity index (χ3n) is 6.22. The second-order valence-corrected chi connectivity index (χ2v) is 8.18. The fourth-order valence-corrected chi connectivity index (χ4v) is 4.43. The van der Waals surface area contributed by atoms with Crippen molar-refractivity contribution in [2.75, 3.05) is 32.7 Å². The van der Waals surface area contributed by atoms with Crippen LogP contribution in [0.15, 0.2) is 48.5 Å². The van der Waals surface area contributed by atoms with E-state index in [1.54, 1.807) is 0 Å². The molecule has 5 rings (SSSR count). The van der Waals surface area contributed by atoms with Gasteiger partial charge in [-0.3, -0.25) is 14.8 Å². The molecule has 1 saturated heterocycles. The molecule has 2 aromatic carbocycles. The molecule has 7 heteroatoms. The van der Waals surface area contributed by atoms with Gasteiger partial charge in [-0.2, -0.15) is 10.4 Å². The lowest BCUT2D eigenvalue weighted by atomic mass is 9.99. The minimum atomic E-state index is 0.0644. The highest BCUT2D eigenvalue weighted by Gasteiger charge is 2.25. The molecule has 0 atom stereocenters. The molecule has 0 unspecified atom stereocenters. The zero-order valence-corrected chi connectivity index (χ0v) is 17.9. The van der Waals surface area contributed by atoms with Gasteiger partial charge in [0, 0.05) is 54.9 Å². The van der Waals surface area contributed by atoms with Gasteiger partial charge in [-0.15, -0.1) is 0 Å². The number of ether oxygens (including phenoxy) is 1. The van der Waals surface area contributed by atoms with Crippen LogP contribution in [-0.4, -0.2) is 58.6 Å². The van der Waals surface area contributed by atoms with Crippen LogP contribution in [0.2, 0.25) is 0 Å². The first-order valence-electron chi connectivity index (χ1n) is 11.0. The second-order valence-electron chi connectivity index (χ2n) is 8.18. The highest BCUT2D eigenvalue weighted by molar-refractivity contribution is 5.95. The smallest absolute Gasteiger partial charge is 0.253 e. The Morgan fingerprint density at radius 3 is 2.66 bits per heavy atom. The van der Waals surface area contributed by atoms with Crippen molar-refractivity contribution in [3.05, 3.63) is 59.7 Å². The van der Waals surface area contributed by atoms with Gasteiger partial charge in [0.05, 0.1) is 17.5 Å². The number of hydrogen-bond acceptors (Lipinski definition) is 5. The number of nitriles is 1. The van der Waals surface area contributed by atoms with Crippen molar-refractivity contribution in [2.45, 2.75) is 19.4 Å². The highest BCUT2D eigenvalue weighted by atomic mass is 16.5. The van der Waals surface area contributed by atoms with E-state index in [0.29, 0.717) is 18.6 Å². The van der Waals surface area contributed by atoms with Gasteiger partial charge in [-0.25, -0.2) is 0 Å². The van der Waals surface area contributed by atoms with E-state index >= 15 is 0 Å². The summed E-state index contributed by atoms with van der Waals surface area (Å²) in [5.74, 6) is 0.927. The van der Waals surface area contributed by atoms with Crippen LogP contribution in [0.3, 0.4) is 0 Å². The van der Waals surface area contributed by atoms with Crippen molar-refractivity contribution in [3.8, 4) is 34.3 Å². The lowest BCUT2D eigenvalue weighted by molar-refractivity contribution is 0.0636. The van der Waals surface area contributed by atoms with Gasteiger partial charge in [0.1, 0.15) is 12.4 Å².